The lowest BCUT2D eigenvalue weighted by Crippen LogP contribution is -1.98. The molecule has 13 heavy (non-hydrogen) atoms. The summed E-state index contributed by atoms with van der Waals surface area (Å²) in [6, 6.07) is 1.57. The predicted molar refractivity (Wildman–Crippen MR) is 48.6 cm³/mol. The Kier molecular flexibility index (Phi) is 3.71. The van der Waals surface area contributed by atoms with Crippen LogP contribution in [0.15, 0.2) is 16.7 Å². The molecule has 0 spiro atoms. The average Bonchev–Trinajstić information content (AvgIpc) is 2.61. The molecule has 1 atom stereocenters. The molecule has 1 heterocycles. The monoisotopic (exact) mass is 182 g/mol. The van der Waals surface area contributed by atoms with Crippen LogP contribution in [0.25, 0.3) is 0 Å². The van der Waals surface area contributed by atoms with Crippen molar-refractivity contribution in [3.05, 3.63) is 23.7 Å². The van der Waals surface area contributed by atoms with Gasteiger partial charge in [-0.05, 0) is 12.5 Å². The van der Waals surface area contributed by atoms with Gasteiger partial charge < -0.3 is 9.52 Å². The summed E-state index contributed by atoms with van der Waals surface area (Å²) in [6.45, 7) is 2.05. The largest absolute Gasteiger partial charge is 0.466 e. The number of furan rings is 1. The standard InChI is InChI=1S/C10H14O3/c1-2-3-4-9(12)10-8(7-11)5-6-13-10/h5-7,9,12H,2-4H2,1H3/t9-/m0/s1. The number of aliphatic hydroxyl groups is 1. The van der Waals surface area contributed by atoms with Gasteiger partial charge in [0, 0.05) is 0 Å². The van der Waals surface area contributed by atoms with Crippen molar-refractivity contribution in [1.29, 1.82) is 0 Å². The second kappa shape index (κ2) is 4.82. The summed E-state index contributed by atoms with van der Waals surface area (Å²) >= 11 is 0. The molecule has 0 aliphatic rings. The number of rotatable bonds is 5. The highest BCUT2D eigenvalue weighted by Gasteiger charge is 2.14. The molecule has 1 aromatic rings. The minimum atomic E-state index is -0.643. The van der Waals surface area contributed by atoms with Crippen LogP contribution in [0.1, 0.15) is 48.4 Å². The van der Waals surface area contributed by atoms with E-state index in [2.05, 4.69) is 6.92 Å². The molecular weight excluding hydrogens is 168 g/mol. The van der Waals surface area contributed by atoms with Crippen LogP contribution in [-0.2, 0) is 0 Å². The third-order valence-electron chi connectivity index (χ3n) is 1.99. The minimum absolute atomic E-state index is 0.392. The first kappa shape index (κ1) is 9.99. The average molecular weight is 182 g/mol. The highest BCUT2D eigenvalue weighted by Crippen LogP contribution is 2.22. The molecular formula is C10H14O3. The van der Waals surface area contributed by atoms with Crippen LogP contribution in [-0.4, -0.2) is 11.4 Å². The van der Waals surface area contributed by atoms with Gasteiger partial charge >= 0.3 is 0 Å². The molecule has 0 aliphatic heterocycles. The summed E-state index contributed by atoms with van der Waals surface area (Å²) in [5, 5.41) is 9.60. The summed E-state index contributed by atoms with van der Waals surface area (Å²) in [5.41, 5.74) is 0.448. The molecule has 3 heteroatoms. The maximum absolute atomic E-state index is 10.5. The van der Waals surface area contributed by atoms with Crippen LogP contribution in [0.5, 0.6) is 0 Å². The maximum atomic E-state index is 10.5. The van der Waals surface area contributed by atoms with Gasteiger partial charge in [-0.3, -0.25) is 4.79 Å². The molecule has 0 aliphatic carbocycles. The van der Waals surface area contributed by atoms with Crippen molar-refractivity contribution < 1.29 is 14.3 Å². The number of carbonyl (C=O) groups excluding carboxylic acids is 1. The molecule has 0 fully saturated rings. The van der Waals surface area contributed by atoms with Gasteiger partial charge in [0.05, 0.1) is 11.8 Å². The van der Waals surface area contributed by atoms with E-state index in [0.29, 0.717) is 24.0 Å². The van der Waals surface area contributed by atoms with E-state index in [1.54, 1.807) is 6.07 Å². The fourth-order valence-corrected chi connectivity index (χ4v) is 1.23. The normalized spacial score (nSPS) is 12.8. The van der Waals surface area contributed by atoms with E-state index in [1.807, 2.05) is 0 Å². The van der Waals surface area contributed by atoms with Crippen molar-refractivity contribution in [3.8, 4) is 0 Å². The van der Waals surface area contributed by atoms with Crippen LogP contribution < -0.4 is 0 Å². The Morgan fingerprint density at radius 1 is 1.69 bits per heavy atom. The lowest BCUT2D eigenvalue weighted by molar-refractivity contribution is 0.109. The molecule has 1 aromatic heterocycles. The Hall–Kier alpha value is -1.09. The molecule has 0 bridgehead atoms. The van der Waals surface area contributed by atoms with Gasteiger partial charge in [-0.2, -0.15) is 0 Å². The van der Waals surface area contributed by atoms with E-state index in [0.717, 1.165) is 12.8 Å². The molecule has 72 valence electrons. The summed E-state index contributed by atoms with van der Waals surface area (Å²) in [5.74, 6) is 0.392. The lowest BCUT2D eigenvalue weighted by atomic mass is 10.1. The number of hydrogen-bond donors (Lipinski definition) is 1. The van der Waals surface area contributed by atoms with Gasteiger partial charge in [0.25, 0.3) is 0 Å². The van der Waals surface area contributed by atoms with Crippen molar-refractivity contribution in [2.24, 2.45) is 0 Å². The summed E-state index contributed by atoms with van der Waals surface area (Å²) < 4.78 is 5.03. The zero-order chi connectivity index (χ0) is 9.68. The second-order valence-corrected chi connectivity index (χ2v) is 3.02. The van der Waals surface area contributed by atoms with Crippen LogP contribution >= 0.6 is 0 Å². The van der Waals surface area contributed by atoms with Gasteiger partial charge in [0.15, 0.2) is 6.29 Å². The van der Waals surface area contributed by atoms with E-state index in [9.17, 15) is 9.90 Å². The molecule has 0 aromatic carbocycles. The Labute approximate surface area is 77.4 Å². The van der Waals surface area contributed by atoms with Crippen molar-refractivity contribution >= 4 is 6.29 Å². The third-order valence-corrected chi connectivity index (χ3v) is 1.99. The number of aliphatic hydroxyl groups excluding tert-OH is 1. The number of carbonyl (C=O) groups is 1. The van der Waals surface area contributed by atoms with E-state index < -0.39 is 6.10 Å². The topological polar surface area (TPSA) is 50.4 Å². The van der Waals surface area contributed by atoms with E-state index in [1.165, 1.54) is 6.26 Å². The first-order chi connectivity index (χ1) is 6.29. The Morgan fingerprint density at radius 2 is 2.46 bits per heavy atom. The lowest BCUT2D eigenvalue weighted by Gasteiger charge is -2.06. The van der Waals surface area contributed by atoms with E-state index in [4.69, 9.17) is 4.42 Å². The van der Waals surface area contributed by atoms with Crippen molar-refractivity contribution in [2.75, 3.05) is 0 Å². The van der Waals surface area contributed by atoms with Crippen molar-refractivity contribution in [3.63, 3.8) is 0 Å². The third kappa shape index (κ3) is 2.42. The van der Waals surface area contributed by atoms with Crippen molar-refractivity contribution in [2.45, 2.75) is 32.3 Å². The van der Waals surface area contributed by atoms with Gasteiger partial charge in [-0.1, -0.05) is 19.8 Å². The summed E-state index contributed by atoms with van der Waals surface area (Å²) in [7, 11) is 0. The Bertz CT molecular complexity index is 265. The SMILES string of the molecule is CCCC[C@H](O)c1occc1C=O. The molecule has 0 radical (unpaired) electrons. The van der Waals surface area contributed by atoms with Crippen molar-refractivity contribution in [1.82, 2.24) is 0 Å². The van der Waals surface area contributed by atoms with Crippen LogP contribution in [0.3, 0.4) is 0 Å². The predicted octanol–water partition coefficient (Wildman–Crippen LogP) is 2.32. The quantitative estimate of drug-likeness (QED) is 0.711. The smallest absolute Gasteiger partial charge is 0.153 e. The minimum Gasteiger partial charge on any atom is -0.466 e. The Morgan fingerprint density at radius 3 is 3.08 bits per heavy atom. The second-order valence-electron chi connectivity index (χ2n) is 3.02. The molecule has 0 amide bonds. The number of aldehydes is 1. The van der Waals surface area contributed by atoms with Crippen LogP contribution in [0, 0.1) is 0 Å². The fraction of sp³-hybridized carbons (Fsp3) is 0.500. The van der Waals surface area contributed by atoms with Gasteiger partial charge in [0.2, 0.25) is 0 Å². The van der Waals surface area contributed by atoms with E-state index in [-0.39, 0.29) is 0 Å². The molecule has 0 saturated carbocycles. The molecule has 0 saturated heterocycles. The van der Waals surface area contributed by atoms with Crippen LogP contribution in [0.4, 0.5) is 0 Å². The highest BCUT2D eigenvalue weighted by atomic mass is 16.4. The van der Waals surface area contributed by atoms with E-state index >= 15 is 0 Å². The molecule has 1 N–H and O–H groups in total. The summed E-state index contributed by atoms with van der Waals surface area (Å²) in [4.78, 5) is 10.5. The van der Waals surface area contributed by atoms with Gasteiger partial charge in [-0.15, -0.1) is 0 Å². The number of hydrogen-bond acceptors (Lipinski definition) is 3. The molecule has 1 rings (SSSR count). The van der Waals surface area contributed by atoms with Gasteiger partial charge in [-0.25, -0.2) is 0 Å². The molecule has 0 unspecified atom stereocenters. The maximum Gasteiger partial charge on any atom is 0.153 e. The fourth-order valence-electron chi connectivity index (χ4n) is 1.23. The van der Waals surface area contributed by atoms with Gasteiger partial charge in [0.1, 0.15) is 11.9 Å². The van der Waals surface area contributed by atoms with Crippen LogP contribution in [0.2, 0.25) is 0 Å². The first-order valence-electron chi connectivity index (χ1n) is 4.50. The Balaban J connectivity index is 2.64. The zero-order valence-electron chi connectivity index (χ0n) is 7.69. The first-order valence-corrected chi connectivity index (χ1v) is 4.50. The highest BCUT2D eigenvalue weighted by molar-refractivity contribution is 5.76. The number of unbranched alkanes of at least 4 members (excludes halogenated alkanes) is 1. The molecule has 3 nitrogen and oxygen atoms in total. The summed E-state index contributed by atoms with van der Waals surface area (Å²) in [6.07, 6.45) is 4.08. The zero-order valence-corrected chi connectivity index (χ0v) is 7.69.